The average Bonchev–Trinajstić information content (AvgIpc) is 2.33. The predicted octanol–water partition coefficient (Wildman–Crippen LogP) is -4.14. The molecule has 1 fully saturated rings. The van der Waals surface area contributed by atoms with E-state index >= 15 is 0 Å². The Kier molecular flexibility index (Phi) is 3.18. The van der Waals surface area contributed by atoms with E-state index in [1.54, 1.807) is 0 Å². The molecule has 0 unspecified atom stereocenters. The minimum absolute atomic E-state index is 0. The van der Waals surface area contributed by atoms with Gasteiger partial charge in [0.15, 0.2) is 9.84 Å². The first kappa shape index (κ1) is 11.6. The standard InChI is InChI=1S/C6H10N2O2S2.HI/c1-8-4-2-12(9,10)3-5(4)11-6(8)7;/h4-5,7H,2-3H2,1H3;1H/t4-,5+;/m0./s1. The van der Waals surface area contributed by atoms with Crippen molar-refractivity contribution < 1.29 is 37.0 Å². The van der Waals surface area contributed by atoms with E-state index < -0.39 is 9.84 Å². The average molecular weight is 334 g/mol. The van der Waals surface area contributed by atoms with E-state index in [4.69, 9.17) is 5.73 Å². The fraction of sp³-hybridized carbons (Fsp3) is 0.833. The Bertz CT molecular complexity index is 352. The number of hydrogen-bond acceptors (Lipinski definition) is 4. The zero-order valence-corrected chi connectivity index (χ0v) is 10.9. The molecule has 0 radical (unpaired) electrons. The summed E-state index contributed by atoms with van der Waals surface area (Å²) in [4.78, 5) is 0. The third-order valence-electron chi connectivity index (χ3n) is 2.39. The molecule has 0 aliphatic carbocycles. The summed E-state index contributed by atoms with van der Waals surface area (Å²) in [7, 11) is -0.938. The van der Waals surface area contributed by atoms with Crippen LogP contribution in [0.3, 0.4) is 0 Å². The number of amidine groups is 1. The van der Waals surface area contributed by atoms with Gasteiger partial charge < -0.3 is 24.0 Å². The van der Waals surface area contributed by atoms with E-state index in [-0.39, 0.29) is 46.8 Å². The largest absolute Gasteiger partial charge is 1.00 e. The fourth-order valence-electron chi connectivity index (χ4n) is 1.67. The number of nitrogens with two attached hydrogens (primary N) is 1. The first-order valence-corrected chi connectivity index (χ1v) is 6.42. The molecule has 2 heterocycles. The maximum atomic E-state index is 11.2. The first-order valence-electron chi connectivity index (χ1n) is 3.72. The third-order valence-corrected chi connectivity index (χ3v) is 5.63. The third kappa shape index (κ3) is 1.96. The van der Waals surface area contributed by atoms with Gasteiger partial charge in [-0.2, -0.15) is 0 Å². The van der Waals surface area contributed by atoms with E-state index in [0.717, 1.165) is 5.17 Å². The summed E-state index contributed by atoms with van der Waals surface area (Å²) in [5.74, 6) is 0.551. The molecule has 0 saturated carbocycles. The van der Waals surface area contributed by atoms with Crippen LogP contribution in [0.2, 0.25) is 0 Å². The first-order chi connectivity index (χ1) is 5.49. The van der Waals surface area contributed by atoms with Crippen molar-refractivity contribution in [3.8, 4) is 0 Å². The van der Waals surface area contributed by atoms with Crippen molar-refractivity contribution in [2.24, 2.45) is 5.73 Å². The molecule has 2 aliphatic heterocycles. The van der Waals surface area contributed by atoms with Crippen LogP contribution in [-0.4, -0.2) is 48.0 Å². The molecule has 2 aliphatic rings. The molecule has 2 N–H and O–H groups in total. The summed E-state index contributed by atoms with van der Waals surface area (Å²) in [6, 6.07) is 0.111. The molecule has 0 aromatic carbocycles. The van der Waals surface area contributed by atoms with Crippen molar-refractivity contribution in [1.82, 2.24) is 0 Å². The zero-order valence-electron chi connectivity index (χ0n) is 7.10. The van der Waals surface area contributed by atoms with E-state index in [9.17, 15) is 8.42 Å². The van der Waals surface area contributed by atoms with E-state index in [0.29, 0.717) is 0 Å². The molecule has 13 heavy (non-hydrogen) atoms. The molecule has 76 valence electrons. The number of hydrogen-bond donors (Lipinski definition) is 1. The number of nitrogens with zero attached hydrogens (tertiary/aromatic N) is 1. The van der Waals surface area contributed by atoms with Gasteiger partial charge in [-0.3, -0.25) is 10.3 Å². The van der Waals surface area contributed by atoms with Crippen LogP contribution >= 0.6 is 11.8 Å². The second-order valence-corrected chi connectivity index (χ2v) is 6.66. The highest BCUT2D eigenvalue weighted by molar-refractivity contribution is 8.15. The SMILES string of the molecule is C[N+]1=C(N)S[C@@H]2CS(=O)(=O)C[C@@H]21.[I-]. The van der Waals surface area contributed by atoms with Crippen LogP contribution in [0.5, 0.6) is 0 Å². The quantitative estimate of drug-likeness (QED) is 0.361. The van der Waals surface area contributed by atoms with Crippen molar-refractivity contribution >= 4 is 26.8 Å². The van der Waals surface area contributed by atoms with Crippen LogP contribution in [-0.2, 0) is 9.84 Å². The van der Waals surface area contributed by atoms with E-state index in [1.165, 1.54) is 11.8 Å². The number of rotatable bonds is 0. The molecule has 1 saturated heterocycles. The molecular weight excluding hydrogens is 323 g/mol. The van der Waals surface area contributed by atoms with E-state index in [2.05, 4.69) is 0 Å². The lowest BCUT2D eigenvalue weighted by atomic mass is 10.2. The molecule has 0 aromatic rings. The molecule has 7 heteroatoms. The van der Waals surface area contributed by atoms with Crippen LogP contribution in [0.15, 0.2) is 0 Å². The number of halogens is 1. The lowest BCUT2D eigenvalue weighted by Crippen LogP contribution is -3.00. The number of sulfone groups is 1. The second kappa shape index (κ2) is 3.58. The van der Waals surface area contributed by atoms with Gasteiger partial charge in [0.2, 0.25) is 0 Å². The van der Waals surface area contributed by atoms with E-state index in [1.807, 2.05) is 11.6 Å². The summed E-state index contributed by atoms with van der Waals surface area (Å²) in [6.45, 7) is 0. The van der Waals surface area contributed by atoms with Crippen molar-refractivity contribution in [1.29, 1.82) is 0 Å². The smallest absolute Gasteiger partial charge is 0.304 e. The van der Waals surface area contributed by atoms with Crippen molar-refractivity contribution in [3.05, 3.63) is 0 Å². The van der Waals surface area contributed by atoms with Crippen LogP contribution in [0, 0.1) is 0 Å². The van der Waals surface area contributed by atoms with Crippen molar-refractivity contribution in [3.63, 3.8) is 0 Å². The summed E-state index contributed by atoms with van der Waals surface area (Å²) in [5, 5.41) is 0.917. The van der Waals surface area contributed by atoms with Gasteiger partial charge in [-0.25, -0.2) is 8.42 Å². The monoisotopic (exact) mass is 334 g/mol. The van der Waals surface area contributed by atoms with Gasteiger partial charge in [-0.05, 0) is 11.8 Å². The minimum Gasteiger partial charge on any atom is -1.00 e. The molecule has 2 atom stereocenters. The Morgan fingerprint density at radius 1 is 1.54 bits per heavy atom. The summed E-state index contributed by atoms with van der Waals surface area (Å²) >= 11 is 1.49. The zero-order chi connectivity index (χ0) is 8.93. The van der Waals surface area contributed by atoms with Crippen LogP contribution in [0.25, 0.3) is 0 Å². The molecule has 4 nitrogen and oxygen atoms in total. The molecule has 2 rings (SSSR count). The minimum atomic E-state index is -2.79. The van der Waals surface area contributed by atoms with Gasteiger partial charge in [0.25, 0.3) is 0 Å². The Labute approximate surface area is 98.9 Å². The number of fused-ring (bicyclic) bond motifs is 1. The number of thioether (sulfide) groups is 1. The highest BCUT2D eigenvalue weighted by Gasteiger charge is 2.47. The lowest BCUT2D eigenvalue weighted by Gasteiger charge is -2.03. The van der Waals surface area contributed by atoms with Gasteiger partial charge in [-0.1, -0.05) is 0 Å². The fourth-order valence-corrected chi connectivity index (χ4v) is 5.57. The second-order valence-electron chi connectivity index (χ2n) is 3.25. The van der Waals surface area contributed by atoms with Crippen LogP contribution in [0.1, 0.15) is 0 Å². The Morgan fingerprint density at radius 2 is 2.15 bits per heavy atom. The topological polar surface area (TPSA) is 63.2 Å². The summed E-state index contributed by atoms with van der Waals surface area (Å²) < 4.78 is 24.3. The molecule has 0 aromatic heterocycles. The molecule has 0 spiro atoms. The van der Waals surface area contributed by atoms with Gasteiger partial charge in [-0.15, -0.1) is 0 Å². The normalized spacial score (nSPS) is 35.8. The van der Waals surface area contributed by atoms with Gasteiger partial charge in [0, 0.05) is 0 Å². The highest BCUT2D eigenvalue weighted by atomic mass is 127. The maximum absolute atomic E-state index is 11.2. The molecule has 0 amide bonds. The summed E-state index contributed by atoms with van der Waals surface area (Å²) in [5.41, 5.74) is 5.67. The van der Waals surface area contributed by atoms with Gasteiger partial charge in [0.05, 0.1) is 23.8 Å². The van der Waals surface area contributed by atoms with Crippen LogP contribution < -0.4 is 29.7 Å². The predicted molar refractivity (Wildman–Crippen MR) is 49.2 cm³/mol. The van der Waals surface area contributed by atoms with Gasteiger partial charge in [0.1, 0.15) is 6.04 Å². The van der Waals surface area contributed by atoms with Crippen molar-refractivity contribution in [2.75, 3.05) is 18.6 Å². The maximum Gasteiger partial charge on any atom is 0.304 e. The molecule has 0 bridgehead atoms. The highest BCUT2D eigenvalue weighted by Crippen LogP contribution is 2.31. The Hall–Kier alpha value is 0.500. The van der Waals surface area contributed by atoms with Crippen LogP contribution in [0.4, 0.5) is 0 Å². The Morgan fingerprint density at radius 3 is 2.69 bits per heavy atom. The van der Waals surface area contributed by atoms with Gasteiger partial charge >= 0.3 is 5.17 Å². The summed E-state index contributed by atoms with van der Waals surface area (Å²) in [6.07, 6.45) is 0. The van der Waals surface area contributed by atoms with Crippen molar-refractivity contribution in [2.45, 2.75) is 11.3 Å². The Balaban J connectivity index is 0.000000845. The lowest BCUT2D eigenvalue weighted by molar-refractivity contribution is -0.524. The molecular formula is C6H11IN2O2S2.